The van der Waals surface area contributed by atoms with Crippen LogP contribution >= 0.6 is 0 Å². The Morgan fingerprint density at radius 3 is 2.30 bits per heavy atom. The first-order valence-electron chi connectivity index (χ1n) is 11.1. The molecular weight excluding hydrogens is 384 g/mol. The molecule has 30 heavy (non-hydrogen) atoms. The molecule has 2 fully saturated rings. The third kappa shape index (κ3) is 6.47. The average Bonchev–Trinajstić information content (AvgIpc) is 2.75. The minimum absolute atomic E-state index is 0.0512. The van der Waals surface area contributed by atoms with Crippen LogP contribution in [0.15, 0.2) is 24.3 Å². The minimum atomic E-state index is -0.760. The highest BCUT2D eigenvalue weighted by Gasteiger charge is 2.25. The fraction of sp³-hybridized carbons (Fsp3) is 0.609. The van der Waals surface area contributed by atoms with Crippen LogP contribution in [0.1, 0.15) is 68.6 Å². The summed E-state index contributed by atoms with van der Waals surface area (Å²) in [5.41, 5.74) is 0.547. The Morgan fingerprint density at radius 2 is 1.67 bits per heavy atom. The van der Waals surface area contributed by atoms with Crippen molar-refractivity contribution in [1.82, 2.24) is 10.2 Å². The van der Waals surface area contributed by atoms with Gasteiger partial charge in [0.2, 0.25) is 5.91 Å². The zero-order chi connectivity index (χ0) is 21.3. The second-order valence-electron chi connectivity index (χ2n) is 8.15. The molecule has 1 aromatic rings. The minimum Gasteiger partial charge on any atom is -0.434 e. The van der Waals surface area contributed by atoms with Gasteiger partial charge in [0.1, 0.15) is 5.75 Å². The Labute approximate surface area is 178 Å². The van der Waals surface area contributed by atoms with Gasteiger partial charge in [0.15, 0.2) is 0 Å². The van der Waals surface area contributed by atoms with E-state index in [4.69, 9.17) is 9.47 Å². The molecule has 0 atom stereocenters. The Hall–Kier alpha value is -2.57. The van der Waals surface area contributed by atoms with Crippen LogP contribution in [0, 0.1) is 5.92 Å². The monoisotopic (exact) mass is 416 g/mol. The van der Waals surface area contributed by atoms with Crippen molar-refractivity contribution < 1.29 is 23.9 Å². The van der Waals surface area contributed by atoms with E-state index < -0.39 is 6.16 Å². The van der Waals surface area contributed by atoms with E-state index >= 15 is 0 Å². The summed E-state index contributed by atoms with van der Waals surface area (Å²) in [5, 5.41) is 3.16. The second-order valence-corrected chi connectivity index (χ2v) is 8.15. The highest BCUT2D eigenvalue weighted by Crippen LogP contribution is 2.26. The lowest BCUT2D eigenvalue weighted by molar-refractivity contribution is -0.123. The first-order chi connectivity index (χ1) is 14.5. The maximum atomic E-state index is 12.7. The van der Waals surface area contributed by atoms with Gasteiger partial charge < -0.3 is 19.7 Å². The molecule has 7 heteroatoms. The standard InChI is InChI=1S/C23H32N2O5/c1-2-29-23(28)30-20-10-8-18(9-11-20)22(27)25-14-12-19(13-15-25)24-21(26)16-17-6-4-3-5-7-17/h8-11,17,19H,2-7,12-16H2,1H3,(H,24,26). The van der Waals surface area contributed by atoms with Gasteiger partial charge >= 0.3 is 6.16 Å². The van der Waals surface area contributed by atoms with E-state index in [0.29, 0.717) is 36.7 Å². The summed E-state index contributed by atoms with van der Waals surface area (Å²) in [5.74, 6) is 0.981. The lowest BCUT2D eigenvalue weighted by atomic mass is 9.86. The Bertz CT molecular complexity index is 720. The smallest absolute Gasteiger partial charge is 0.434 e. The van der Waals surface area contributed by atoms with Gasteiger partial charge in [0, 0.05) is 31.1 Å². The zero-order valence-corrected chi connectivity index (χ0v) is 17.7. The molecule has 0 radical (unpaired) electrons. The van der Waals surface area contributed by atoms with Crippen LogP contribution in [0.5, 0.6) is 5.75 Å². The van der Waals surface area contributed by atoms with Gasteiger partial charge in [0.25, 0.3) is 5.91 Å². The predicted molar refractivity (Wildman–Crippen MR) is 112 cm³/mol. The lowest BCUT2D eigenvalue weighted by Gasteiger charge is -2.33. The van der Waals surface area contributed by atoms with Gasteiger partial charge in [-0.15, -0.1) is 0 Å². The SMILES string of the molecule is CCOC(=O)Oc1ccc(C(=O)N2CCC(NC(=O)CC3CCCCC3)CC2)cc1. The van der Waals surface area contributed by atoms with Gasteiger partial charge in [-0.1, -0.05) is 19.3 Å². The number of ether oxygens (including phenoxy) is 2. The molecule has 164 valence electrons. The summed E-state index contributed by atoms with van der Waals surface area (Å²) >= 11 is 0. The number of rotatable bonds is 6. The molecule has 2 amide bonds. The Balaban J connectivity index is 1.42. The average molecular weight is 417 g/mol. The van der Waals surface area contributed by atoms with Crippen LogP contribution < -0.4 is 10.1 Å². The highest BCUT2D eigenvalue weighted by molar-refractivity contribution is 5.94. The van der Waals surface area contributed by atoms with Crippen molar-refractivity contribution in [3.05, 3.63) is 29.8 Å². The van der Waals surface area contributed by atoms with Crippen molar-refractivity contribution in [3.63, 3.8) is 0 Å². The summed E-state index contributed by atoms with van der Waals surface area (Å²) in [4.78, 5) is 38.2. The van der Waals surface area contributed by atoms with E-state index in [2.05, 4.69) is 5.32 Å². The third-order valence-electron chi connectivity index (χ3n) is 5.91. The van der Waals surface area contributed by atoms with Gasteiger partial charge in [-0.05, 0) is 62.8 Å². The predicted octanol–water partition coefficient (Wildman–Crippen LogP) is 3.91. The van der Waals surface area contributed by atoms with Crippen molar-refractivity contribution >= 4 is 18.0 Å². The number of hydrogen-bond donors (Lipinski definition) is 1. The summed E-state index contributed by atoms with van der Waals surface area (Å²) in [7, 11) is 0. The molecule has 1 aliphatic carbocycles. The van der Waals surface area contributed by atoms with Crippen LogP contribution in [0.25, 0.3) is 0 Å². The summed E-state index contributed by atoms with van der Waals surface area (Å²) in [6, 6.07) is 6.61. The molecule has 1 aromatic carbocycles. The van der Waals surface area contributed by atoms with Gasteiger partial charge in [-0.2, -0.15) is 0 Å². The van der Waals surface area contributed by atoms with E-state index in [1.165, 1.54) is 32.1 Å². The summed E-state index contributed by atoms with van der Waals surface area (Å²) in [6.45, 7) is 3.18. The number of nitrogens with zero attached hydrogens (tertiary/aromatic N) is 1. The first-order valence-corrected chi connectivity index (χ1v) is 11.1. The Morgan fingerprint density at radius 1 is 1.00 bits per heavy atom. The number of piperidine rings is 1. The number of benzene rings is 1. The number of carbonyl (C=O) groups excluding carboxylic acids is 3. The highest BCUT2D eigenvalue weighted by atomic mass is 16.7. The van der Waals surface area contributed by atoms with Crippen LogP contribution in [0.4, 0.5) is 4.79 Å². The maximum Gasteiger partial charge on any atom is 0.513 e. The number of nitrogens with one attached hydrogen (secondary N) is 1. The molecule has 1 heterocycles. The molecule has 0 unspecified atom stereocenters. The van der Waals surface area contributed by atoms with E-state index in [1.807, 2.05) is 4.90 Å². The Kier molecular flexibility index (Phi) is 8.11. The van der Waals surface area contributed by atoms with Crippen LogP contribution in [-0.2, 0) is 9.53 Å². The van der Waals surface area contributed by atoms with Crippen LogP contribution in [0.2, 0.25) is 0 Å². The van der Waals surface area contributed by atoms with Crippen molar-refractivity contribution in [1.29, 1.82) is 0 Å². The fourth-order valence-corrected chi connectivity index (χ4v) is 4.26. The van der Waals surface area contributed by atoms with Crippen molar-refractivity contribution in [2.75, 3.05) is 19.7 Å². The quantitative estimate of drug-likeness (QED) is 0.561. The number of likely N-dealkylation sites (tertiary alicyclic amines) is 1. The first kappa shape index (κ1) is 22.1. The van der Waals surface area contributed by atoms with Gasteiger partial charge in [-0.25, -0.2) is 4.79 Å². The van der Waals surface area contributed by atoms with Crippen molar-refractivity contribution in [2.45, 2.75) is 64.3 Å². The topological polar surface area (TPSA) is 84.9 Å². The van der Waals surface area contributed by atoms with E-state index in [-0.39, 0.29) is 24.5 Å². The number of carbonyl (C=O) groups is 3. The number of amides is 2. The molecule has 2 aliphatic rings. The summed E-state index contributed by atoms with van der Waals surface area (Å²) in [6.07, 6.45) is 7.55. The fourth-order valence-electron chi connectivity index (χ4n) is 4.26. The zero-order valence-electron chi connectivity index (χ0n) is 17.7. The van der Waals surface area contributed by atoms with E-state index in [0.717, 1.165) is 12.8 Å². The van der Waals surface area contributed by atoms with Crippen molar-refractivity contribution in [2.24, 2.45) is 5.92 Å². The molecule has 0 aromatic heterocycles. The van der Waals surface area contributed by atoms with Gasteiger partial charge in [0.05, 0.1) is 6.61 Å². The molecule has 7 nitrogen and oxygen atoms in total. The number of hydrogen-bond acceptors (Lipinski definition) is 5. The second kappa shape index (κ2) is 11.0. The normalized spacial score (nSPS) is 18.0. The van der Waals surface area contributed by atoms with Crippen LogP contribution in [0.3, 0.4) is 0 Å². The molecule has 1 saturated heterocycles. The van der Waals surface area contributed by atoms with Crippen molar-refractivity contribution in [3.8, 4) is 5.75 Å². The summed E-state index contributed by atoms with van der Waals surface area (Å²) < 4.78 is 9.75. The molecular formula is C23H32N2O5. The molecule has 0 bridgehead atoms. The largest absolute Gasteiger partial charge is 0.513 e. The van der Waals surface area contributed by atoms with Crippen LogP contribution in [-0.4, -0.2) is 48.6 Å². The maximum absolute atomic E-state index is 12.7. The van der Waals surface area contributed by atoms with E-state index in [1.54, 1.807) is 31.2 Å². The molecule has 0 spiro atoms. The van der Waals surface area contributed by atoms with E-state index in [9.17, 15) is 14.4 Å². The third-order valence-corrected chi connectivity index (χ3v) is 5.91. The molecule has 3 rings (SSSR count). The lowest BCUT2D eigenvalue weighted by Crippen LogP contribution is -2.46. The molecule has 1 saturated carbocycles. The van der Waals surface area contributed by atoms with Gasteiger partial charge in [-0.3, -0.25) is 9.59 Å². The molecule has 1 aliphatic heterocycles. The molecule has 1 N–H and O–H groups in total.